The van der Waals surface area contributed by atoms with E-state index in [9.17, 15) is 9.59 Å². The Morgan fingerprint density at radius 1 is 1.17 bits per heavy atom. The fraction of sp³-hybridized carbons (Fsp3) is 0.286. The average Bonchev–Trinajstić information content (AvgIpc) is 2.37. The van der Waals surface area contributed by atoms with E-state index in [1.165, 1.54) is 6.92 Å². The number of carbonyl (C=O) groups excluding carboxylic acids is 2. The van der Waals surface area contributed by atoms with E-state index in [1.54, 1.807) is 0 Å². The fourth-order valence-corrected chi connectivity index (χ4v) is 1.26. The molecule has 0 aromatic heterocycles. The topological polar surface area (TPSA) is 52.6 Å². The Morgan fingerprint density at radius 3 is 2.44 bits per heavy atom. The predicted octanol–water partition coefficient (Wildman–Crippen LogP) is 1.89. The van der Waals surface area contributed by atoms with Crippen molar-refractivity contribution in [2.45, 2.75) is 13.3 Å². The molecule has 0 N–H and O–H groups in total. The van der Waals surface area contributed by atoms with Crippen molar-refractivity contribution in [3.8, 4) is 0 Å². The highest BCUT2D eigenvalue weighted by Gasteiger charge is 2.09. The van der Waals surface area contributed by atoms with Crippen LogP contribution in [0.4, 0.5) is 0 Å². The van der Waals surface area contributed by atoms with Crippen molar-refractivity contribution < 1.29 is 19.1 Å². The van der Waals surface area contributed by atoms with Crippen LogP contribution in [0.3, 0.4) is 0 Å². The molecule has 96 valence electrons. The molecule has 0 unspecified atom stereocenters. The van der Waals surface area contributed by atoms with Gasteiger partial charge in [0, 0.05) is 13.3 Å². The van der Waals surface area contributed by atoms with Crippen molar-refractivity contribution in [3.63, 3.8) is 0 Å². The summed E-state index contributed by atoms with van der Waals surface area (Å²) in [6.45, 7) is 4.93. The maximum Gasteiger partial charge on any atom is 0.336 e. The average molecular weight is 248 g/mol. The molecule has 18 heavy (non-hydrogen) atoms. The van der Waals surface area contributed by atoms with Gasteiger partial charge in [-0.25, -0.2) is 4.79 Å². The zero-order chi connectivity index (χ0) is 13.4. The van der Waals surface area contributed by atoms with Crippen LogP contribution in [0.25, 0.3) is 0 Å². The van der Waals surface area contributed by atoms with Crippen LogP contribution in [0, 0.1) is 0 Å². The first kappa shape index (κ1) is 14.0. The zero-order valence-corrected chi connectivity index (χ0v) is 10.3. The second kappa shape index (κ2) is 7.27. The highest BCUT2D eigenvalue weighted by atomic mass is 16.5. The fourth-order valence-electron chi connectivity index (χ4n) is 1.26. The van der Waals surface area contributed by atoms with Crippen molar-refractivity contribution in [2.75, 3.05) is 13.2 Å². The first-order valence-corrected chi connectivity index (χ1v) is 5.62. The van der Waals surface area contributed by atoms with Crippen LogP contribution in [-0.2, 0) is 25.5 Å². The molecule has 0 atom stereocenters. The lowest BCUT2D eigenvalue weighted by atomic mass is 10.2. The van der Waals surface area contributed by atoms with Crippen molar-refractivity contribution in [3.05, 3.63) is 48.0 Å². The van der Waals surface area contributed by atoms with Gasteiger partial charge in [0.25, 0.3) is 0 Å². The molecule has 0 amide bonds. The third-order valence-electron chi connectivity index (χ3n) is 2.21. The second-order valence-electron chi connectivity index (χ2n) is 3.76. The van der Waals surface area contributed by atoms with Gasteiger partial charge < -0.3 is 9.47 Å². The summed E-state index contributed by atoms with van der Waals surface area (Å²) in [6, 6.07) is 9.70. The molecule has 1 aromatic carbocycles. The van der Waals surface area contributed by atoms with Gasteiger partial charge in [0.05, 0.1) is 12.2 Å². The summed E-state index contributed by atoms with van der Waals surface area (Å²) in [5.74, 6) is -0.986. The SMILES string of the molecule is C=C(COC(C)=O)C(=O)OCCc1ccccc1. The molecular weight excluding hydrogens is 232 g/mol. The highest BCUT2D eigenvalue weighted by Crippen LogP contribution is 2.02. The number of carbonyl (C=O) groups is 2. The minimum Gasteiger partial charge on any atom is -0.462 e. The molecule has 0 bridgehead atoms. The summed E-state index contributed by atoms with van der Waals surface area (Å²) >= 11 is 0. The van der Waals surface area contributed by atoms with Crippen LogP contribution >= 0.6 is 0 Å². The van der Waals surface area contributed by atoms with E-state index in [1.807, 2.05) is 30.3 Å². The van der Waals surface area contributed by atoms with Gasteiger partial charge in [-0.05, 0) is 5.56 Å². The van der Waals surface area contributed by atoms with Gasteiger partial charge in [0.1, 0.15) is 6.61 Å². The molecule has 4 nitrogen and oxygen atoms in total. The van der Waals surface area contributed by atoms with Gasteiger partial charge in [0.2, 0.25) is 0 Å². The molecule has 0 aliphatic rings. The lowest BCUT2D eigenvalue weighted by Crippen LogP contribution is -2.14. The van der Waals surface area contributed by atoms with E-state index in [2.05, 4.69) is 11.3 Å². The monoisotopic (exact) mass is 248 g/mol. The molecule has 0 saturated heterocycles. The summed E-state index contributed by atoms with van der Waals surface area (Å²) in [6.07, 6.45) is 0.646. The minimum atomic E-state index is -0.535. The van der Waals surface area contributed by atoms with Crippen molar-refractivity contribution in [2.24, 2.45) is 0 Å². The van der Waals surface area contributed by atoms with Crippen LogP contribution in [0.2, 0.25) is 0 Å². The Hall–Kier alpha value is -2.10. The molecule has 0 heterocycles. The lowest BCUT2D eigenvalue weighted by molar-refractivity contribution is -0.143. The first-order valence-electron chi connectivity index (χ1n) is 5.62. The Morgan fingerprint density at radius 2 is 1.83 bits per heavy atom. The molecule has 4 heteroatoms. The van der Waals surface area contributed by atoms with E-state index in [0.29, 0.717) is 6.42 Å². The van der Waals surface area contributed by atoms with Gasteiger partial charge in [-0.2, -0.15) is 0 Å². The molecule has 1 rings (SSSR count). The van der Waals surface area contributed by atoms with E-state index in [4.69, 9.17) is 4.74 Å². The summed E-state index contributed by atoms with van der Waals surface area (Å²) < 4.78 is 9.66. The molecule has 0 aliphatic heterocycles. The second-order valence-corrected chi connectivity index (χ2v) is 3.76. The predicted molar refractivity (Wildman–Crippen MR) is 66.9 cm³/mol. The maximum atomic E-state index is 11.4. The molecular formula is C14H16O4. The van der Waals surface area contributed by atoms with E-state index < -0.39 is 11.9 Å². The normalized spacial score (nSPS) is 9.61. The molecule has 0 fully saturated rings. The summed E-state index contributed by atoms with van der Waals surface area (Å²) in [5, 5.41) is 0. The number of esters is 2. The van der Waals surface area contributed by atoms with E-state index >= 15 is 0 Å². The van der Waals surface area contributed by atoms with Gasteiger partial charge in [0.15, 0.2) is 0 Å². The Balaban J connectivity index is 2.24. The zero-order valence-electron chi connectivity index (χ0n) is 10.3. The van der Waals surface area contributed by atoms with Crippen LogP contribution in [0.15, 0.2) is 42.5 Å². The van der Waals surface area contributed by atoms with E-state index in [0.717, 1.165) is 5.56 Å². The third kappa shape index (κ3) is 5.30. The van der Waals surface area contributed by atoms with Crippen molar-refractivity contribution in [1.29, 1.82) is 0 Å². The summed E-state index contributed by atoms with van der Waals surface area (Å²) in [5.41, 5.74) is 1.23. The molecule has 1 aromatic rings. The Bertz CT molecular complexity index is 423. The van der Waals surface area contributed by atoms with Gasteiger partial charge in [-0.3, -0.25) is 4.79 Å². The van der Waals surface area contributed by atoms with Crippen LogP contribution in [-0.4, -0.2) is 25.2 Å². The number of hydrogen-bond acceptors (Lipinski definition) is 4. The molecule has 0 radical (unpaired) electrons. The van der Waals surface area contributed by atoms with Gasteiger partial charge in [-0.1, -0.05) is 36.9 Å². The van der Waals surface area contributed by atoms with Crippen molar-refractivity contribution >= 4 is 11.9 Å². The lowest BCUT2D eigenvalue weighted by Gasteiger charge is -2.07. The quantitative estimate of drug-likeness (QED) is 0.570. The largest absolute Gasteiger partial charge is 0.462 e. The molecule has 0 spiro atoms. The Kier molecular flexibility index (Phi) is 5.64. The molecule has 0 saturated carbocycles. The number of ether oxygens (including phenoxy) is 2. The van der Waals surface area contributed by atoms with E-state index in [-0.39, 0.29) is 18.8 Å². The third-order valence-corrected chi connectivity index (χ3v) is 2.21. The summed E-state index contributed by atoms with van der Waals surface area (Å²) in [7, 11) is 0. The molecule has 0 aliphatic carbocycles. The summed E-state index contributed by atoms with van der Waals surface area (Å²) in [4.78, 5) is 22.0. The number of benzene rings is 1. The first-order chi connectivity index (χ1) is 8.59. The van der Waals surface area contributed by atoms with Crippen molar-refractivity contribution in [1.82, 2.24) is 0 Å². The Labute approximate surface area is 106 Å². The standard InChI is InChI=1S/C14H16O4/c1-11(10-18-12(2)15)14(16)17-9-8-13-6-4-3-5-7-13/h3-7H,1,8-10H2,2H3. The maximum absolute atomic E-state index is 11.4. The highest BCUT2D eigenvalue weighted by molar-refractivity contribution is 5.88. The van der Waals surface area contributed by atoms with Gasteiger partial charge in [-0.15, -0.1) is 0 Å². The number of hydrogen-bond donors (Lipinski definition) is 0. The van der Waals surface area contributed by atoms with Crippen LogP contribution in [0.1, 0.15) is 12.5 Å². The minimum absolute atomic E-state index is 0.125. The smallest absolute Gasteiger partial charge is 0.336 e. The van der Waals surface area contributed by atoms with Gasteiger partial charge >= 0.3 is 11.9 Å². The van der Waals surface area contributed by atoms with Crippen LogP contribution < -0.4 is 0 Å². The van der Waals surface area contributed by atoms with Crippen LogP contribution in [0.5, 0.6) is 0 Å². The number of rotatable bonds is 6.